The van der Waals surface area contributed by atoms with Crippen molar-refractivity contribution < 1.29 is 9.13 Å². The first-order valence-electron chi connectivity index (χ1n) is 16.5. The van der Waals surface area contributed by atoms with Gasteiger partial charge in [0.25, 0.3) is 0 Å². The third kappa shape index (κ3) is 9.16. The summed E-state index contributed by atoms with van der Waals surface area (Å²) in [4.78, 5) is 4.74. The Morgan fingerprint density at radius 3 is 1.18 bits per heavy atom. The van der Waals surface area contributed by atoms with Crippen LogP contribution in [0.25, 0.3) is 24.3 Å². The second kappa shape index (κ2) is 16.6. The summed E-state index contributed by atoms with van der Waals surface area (Å²) < 4.78 is 4.65. The Kier molecular flexibility index (Phi) is 12.4. The largest absolute Gasteiger partial charge is 0.372 e. The number of unbranched alkanes of at least 4 members (excludes halogenated alkanes) is 1. The number of rotatable bonds is 15. The normalized spacial score (nSPS) is 11.5. The lowest BCUT2D eigenvalue weighted by Gasteiger charge is -2.20. The molecule has 0 aliphatic heterocycles. The standard InChI is InChI=1S/C40H52N4/c1-7-43(8-2)39-21-15-35(16-22-39)13-19-37-25-29-41(31-33(37)5)27-11-12-28-42-30-26-38(34(6)32-42)20-14-36-17-23-40(24-18-36)44(9-3)10-4/h13-26,29-32H,7-12,27-28H2,1-6H3/q+2. The van der Waals surface area contributed by atoms with Crippen molar-refractivity contribution in [3.05, 3.63) is 119 Å². The fourth-order valence-corrected chi connectivity index (χ4v) is 5.73. The van der Waals surface area contributed by atoms with E-state index in [0.29, 0.717) is 0 Å². The van der Waals surface area contributed by atoms with Gasteiger partial charge in [-0.15, -0.1) is 0 Å². The lowest BCUT2D eigenvalue weighted by molar-refractivity contribution is -0.708. The SMILES string of the molecule is CCN(CC)c1ccc(/C=C/c2cc[n+](CCCC[n+]3ccc(/C=C/c4ccc(N(CC)CC)cc4)c(C)c3)cc2C)cc1. The maximum Gasteiger partial charge on any atom is 0.172 e. The number of aryl methyl sites for hydroxylation is 4. The molecule has 0 aliphatic rings. The molecule has 0 unspecified atom stereocenters. The second-order valence-electron chi connectivity index (χ2n) is 11.5. The van der Waals surface area contributed by atoms with Crippen molar-refractivity contribution in [1.82, 2.24) is 0 Å². The average Bonchev–Trinajstić information content (AvgIpc) is 3.04. The zero-order chi connectivity index (χ0) is 31.3. The summed E-state index contributed by atoms with van der Waals surface area (Å²) >= 11 is 0. The van der Waals surface area contributed by atoms with Gasteiger partial charge in [-0.3, -0.25) is 0 Å². The Balaban J connectivity index is 1.24. The molecule has 0 spiro atoms. The van der Waals surface area contributed by atoms with Crippen molar-refractivity contribution >= 4 is 35.7 Å². The van der Waals surface area contributed by atoms with E-state index in [1.807, 2.05) is 0 Å². The maximum absolute atomic E-state index is 2.37. The van der Waals surface area contributed by atoms with Crippen molar-refractivity contribution in [3.63, 3.8) is 0 Å². The molecule has 44 heavy (non-hydrogen) atoms. The van der Waals surface area contributed by atoms with Crippen LogP contribution in [0.3, 0.4) is 0 Å². The predicted molar refractivity (Wildman–Crippen MR) is 190 cm³/mol. The molecular formula is C40H52N4+2. The highest BCUT2D eigenvalue weighted by Gasteiger charge is 2.08. The van der Waals surface area contributed by atoms with Crippen LogP contribution in [-0.4, -0.2) is 26.2 Å². The predicted octanol–water partition coefficient (Wildman–Crippen LogP) is 8.39. The van der Waals surface area contributed by atoms with E-state index in [-0.39, 0.29) is 0 Å². The zero-order valence-corrected chi connectivity index (χ0v) is 27.8. The van der Waals surface area contributed by atoms with Crippen LogP contribution < -0.4 is 18.9 Å². The van der Waals surface area contributed by atoms with E-state index in [2.05, 4.69) is 170 Å². The lowest BCUT2D eigenvalue weighted by Crippen LogP contribution is -2.36. The minimum atomic E-state index is 1.03. The fourth-order valence-electron chi connectivity index (χ4n) is 5.73. The van der Waals surface area contributed by atoms with E-state index < -0.39 is 0 Å². The molecule has 0 aliphatic carbocycles. The van der Waals surface area contributed by atoms with Crippen LogP contribution in [0.15, 0.2) is 85.5 Å². The highest BCUT2D eigenvalue weighted by atomic mass is 15.1. The van der Waals surface area contributed by atoms with Crippen molar-refractivity contribution in [2.75, 3.05) is 36.0 Å². The molecule has 4 rings (SSSR count). The van der Waals surface area contributed by atoms with Gasteiger partial charge in [0.05, 0.1) is 0 Å². The molecular weight excluding hydrogens is 536 g/mol. The molecule has 0 atom stereocenters. The summed E-state index contributed by atoms with van der Waals surface area (Å²) in [6.45, 7) is 19.4. The molecule has 0 amide bonds. The smallest absolute Gasteiger partial charge is 0.172 e. The first-order chi connectivity index (χ1) is 21.4. The van der Waals surface area contributed by atoms with Gasteiger partial charge in [0.2, 0.25) is 0 Å². The van der Waals surface area contributed by atoms with Crippen LogP contribution in [0.1, 0.15) is 73.9 Å². The maximum atomic E-state index is 2.37. The summed E-state index contributed by atoms with van der Waals surface area (Å²) in [7, 11) is 0. The summed E-state index contributed by atoms with van der Waals surface area (Å²) in [5.41, 5.74) is 10.2. The molecule has 4 heteroatoms. The summed E-state index contributed by atoms with van der Waals surface area (Å²) in [6, 6.07) is 22.2. The lowest BCUT2D eigenvalue weighted by atomic mass is 10.1. The minimum absolute atomic E-state index is 1.03. The zero-order valence-electron chi connectivity index (χ0n) is 27.8. The first kappa shape index (κ1) is 32.7. The molecule has 0 saturated carbocycles. The van der Waals surface area contributed by atoms with E-state index >= 15 is 0 Å². The second-order valence-corrected chi connectivity index (χ2v) is 11.5. The molecule has 0 N–H and O–H groups in total. The topological polar surface area (TPSA) is 14.2 Å². The third-order valence-electron chi connectivity index (χ3n) is 8.56. The van der Waals surface area contributed by atoms with Gasteiger partial charge in [0.15, 0.2) is 24.8 Å². The molecule has 2 aromatic carbocycles. The molecule has 0 bridgehead atoms. The van der Waals surface area contributed by atoms with E-state index in [4.69, 9.17) is 0 Å². The number of hydrogen-bond donors (Lipinski definition) is 0. The number of pyridine rings is 2. The highest BCUT2D eigenvalue weighted by molar-refractivity contribution is 5.72. The van der Waals surface area contributed by atoms with Crippen molar-refractivity contribution in [3.8, 4) is 0 Å². The summed E-state index contributed by atoms with van der Waals surface area (Å²) in [5.74, 6) is 0. The Morgan fingerprint density at radius 2 is 0.864 bits per heavy atom. The number of aromatic nitrogens is 2. The van der Waals surface area contributed by atoms with E-state index in [0.717, 1.165) is 52.1 Å². The van der Waals surface area contributed by atoms with Gasteiger partial charge >= 0.3 is 0 Å². The van der Waals surface area contributed by atoms with Gasteiger partial charge in [-0.05, 0) is 88.1 Å². The molecule has 2 heterocycles. The molecule has 4 aromatic rings. The molecule has 2 aromatic heterocycles. The minimum Gasteiger partial charge on any atom is -0.372 e. The monoisotopic (exact) mass is 588 g/mol. The average molecular weight is 589 g/mol. The van der Waals surface area contributed by atoms with Crippen molar-refractivity contribution in [1.29, 1.82) is 0 Å². The Morgan fingerprint density at radius 1 is 0.500 bits per heavy atom. The van der Waals surface area contributed by atoms with Gasteiger partial charge in [-0.25, -0.2) is 9.13 Å². The molecule has 0 radical (unpaired) electrons. The summed E-state index contributed by atoms with van der Waals surface area (Å²) in [6.07, 6.45) is 20.2. The number of nitrogens with zero attached hydrogens (tertiary/aromatic N) is 4. The van der Waals surface area contributed by atoms with Crippen LogP contribution in [0.2, 0.25) is 0 Å². The van der Waals surface area contributed by atoms with E-state index in [1.54, 1.807) is 0 Å². The van der Waals surface area contributed by atoms with Crippen LogP contribution in [0, 0.1) is 13.8 Å². The number of benzene rings is 2. The Hall–Kier alpha value is -4.18. The Bertz CT molecular complexity index is 1390. The van der Waals surface area contributed by atoms with Gasteiger partial charge < -0.3 is 9.80 Å². The molecule has 0 fully saturated rings. The molecule has 0 saturated heterocycles. The quantitative estimate of drug-likeness (QED) is 0.102. The van der Waals surface area contributed by atoms with Crippen LogP contribution >= 0.6 is 0 Å². The third-order valence-corrected chi connectivity index (χ3v) is 8.56. The first-order valence-corrected chi connectivity index (χ1v) is 16.5. The number of hydrogen-bond acceptors (Lipinski definition) is 2. The highest BCUT2D eigenvalue weighted by Crippen LogP contribution is 2.19. The fraction of sp³-hybridized carbons (Fsp3) is 0.350. The Labute approximate surface area is 266 Å². The van der Waals surface area contributed by atoms with Crippen molar-refractivity contribution in [2.24, 2.45) is 0 Å². The van der Waals surface area contributed by atoms with E-state index in [9.17, 15) is 0 Å². The van der Waals surface area contributed by atoms with Gasteiger partial charge in [-0.1, -0.05) is 48.6 Å². The van der Waals surface area contributed by atoms with E-state index in [1.165, 1.54) is 44.8 Å². The van der Waals surface area contributed by atoms with Crippen LogP contribution in [-0.2, 0) is 13.1 Å². The van der Waals surface area contributed by atoms with Gasteiger partial charge in [0.1, 0.15) is 13.1 Å². The molecule has 230 valence electrons. The summed E-state index contributed by atoms with van der Waals surface area (Å²) in [5, 5.41) is 0. The van der Waals surface area contributed by atoms with Gasteiger partial charge in [0, 0.05) is 73.7 Å². The number of anilines is 2. The van der Waals surface area contributed by atoms with Crippen LogP contribution in [0.4, 0.5) is 11.4 Å². The van der Waals surface area contributed by atoms with Gasteiger partial charge in [-0.2, -0.15) is 0 Å². The molecule has 4 nitrogen and oxygen atoms in total. The van der Waals surface area contributed by atoms with Crippen molar-refractivity contribution in [2.45, 2.75) is 67.5 Å². The van der Waals surface area contributed by atoms with Crippen LogP contribution in [0.5, 0.6) is 0 Å².